The second-order valence-corrected chi connectivity index (χ2v) is 5.47. The Hall–Kier alpha value is -1.75. The average Bonchev–Trinajstić information content (AvgIpc) is 2.41. The van der Waals surface area contributed by atoms with E-state index in [4.69, 9.17) is 23.2 Å². The van der Waals surface area contributed by atoms with Crippen LogP contribution >= 0.6 is 23.2 Å². The number of hydrogen-bond acceptors (Lipinski definition) is 3. The molecule has 2 aromatic carbocycles. The molecule has 1 unspecified atom stereocenters. The molecule has 2 rings (SSSR count). The van der Waals surface area contributed by atoms with E-state index in [1.54, 1.807) is 19.1 Å². The summed E-state index contributed by atoms with van der Waals surface area (Å²) < 4.78 is 0. The second-order valence-electron chi connectivity index (χ2n) is 4.60. The van der Waals surface area contributed by atoms with Crippen LogP contribution in [0, 0.1) is 6.92 Å². The molecule has 110 valence electrons. The summed E-state index contributed by atoms with van der Waals surface area (Å²) >= 11 is 11.7. The van der Waals surface area contributed by atoms with E-state index in [9.17, 15) is 15.0 Å². The quantitative estimate of drug-likeness (QED) is 0.806. The van der Waals surface area contributed by atoms with Crippen LogP contribution < -0.4 is 5.32 Å². The van der Waals surface area contributed by atoms with Crippen molar-refractivity contribution in [2.24, 2.45) is 0 Å². The largest absolute Gasteiger partial charge is 0.508 e. The van der Waals surface area contributed by atoms with Crippen molar-refractivity contribution in [2.45, 2.75) is 13.0 Å². The van der Waals surface area contributed by atoms with Crippen LogP contribution in [0.5, 0.6) is 5.75 Å². The zero-order chi connectivity index (χ0) is 15.6. The highest BCUT2D eigenvalue weighted by atomic mass is 35.5. The third kappa shape index (κ3) is 3.88. The SMILES string of the molecule is Cc1ccc(NC(=O)C(O)c2cc(Cl)cc(Cl)c2)cc1O. The summed E-state index contributed by atoms with van der Waals surface area (Å²) in [5, 5.41) is 22.8. The molecule has 1 atom stereocenters. The Labute approximate surface area is 131 Å². The maximum absolute atomic E-state index is 12.0. The zero-order valence-electron chi connectivity index (χ0n) is 11.1. The number of carbonyl (C=O) groups is 1. The van der Waals surface area contributed by atoms with Crippen molar-refractivity contribution in [3.05, 3.63) is 57.6 Å². The smallest absolute Gasteiger partial charge is 0.257 e. The molecule has 4 nitrogen and oxygen atoms in total. The summed E-state index contributed by atoms with van der Waals surface area (Å²) in [5.74, 6) is -0.579. The molecule has 0 aliphatic heterocycles. The van der Waals surface area contributed by atoms with E-state index in [1.807, 2.05) is 0 Å². The Morgan fingerprint density at radius 3 is 2.33 bits per heavy atom. The molecule has 0 saturated heterocycles. The van der Waals surface area contributed by atoms with Gasteiger partial charge in [0.2, 0.25) is 0 Å². The minimum atomic E-state index is -1.41. The molecule has 6 heteroatoms. The summed E-state index contributed by atoms with van der Waals surface area (Å²) in [6, 6.07) is 9.13. The van der Waals surface area contributed by atoms with Gasteiger partial charge < -0.3 is 15.5 Å². The molecule has 0 saturated carbocycles. The molecule has 1 amide bonds. The molecule has 0 aliphatic carbocycles. The molecule has 0 heterocycles. The van der Waals surface area contributed by atoms with Gasteiger partial charge in [-0.3, -0.25) is 4.79 Å². The predicted molar refractivity (Wildman–Crippen MR) is 82.9 cm³/mol. The van der Waals surface area contributed by atoms with E-state index in [2.05, 4.69) is 5.32 Å². The lowest BCUT2D eigenvalue weighted by atomic mass is 10.1. The Balaban J connectivity index is 2.17. The first-order chi connectivity index (χ1) is 9.86. The fourth-order valence-corrected chi connectivity index (χ4v) is 2.33. The van der Waals surface area contributed by atoms with Crippen molar-refractivity contribution < 1.29 is 15.0 Å². The lowest BCUT2D eigenvalue weighted by Gasteiger charge is -2.13. The van der Waals surface area contributed by atoms with Gasteiger partial charge in [-0.1, -0.05) is 29.3 Å². The molecule has 0 aromatic heterocycles. The normalized spacial score (nSPS) is 12.0. The standard InChI is InChI=1S/C15H13Cl2NO3/c1-8-2-3-12(7-13(8)19)18-15(21)14(20)9-4-10(16)6-11(17)5-9/h2-7,14,19-20H,1H3,(H,18,21). The van der Waals surface area contributed by atoms with E-state index in [0.717, 1.165) is 0 Å². The number of aryl methyl sites for hydroxylation is 1. The van der Waals surface area contributed by atoms with Crippen LogP contribution in [0.25, 0.3) is 0 Å². The van der Waals surface area contributed by atoms with E-state index in [1.165, 1.54) is 24.3 Å². The number of aliphatic hydroxyl groups excluding tert-OH is 1. The number of aliphatic hydroxyl groups is 1. The van der Waals surface area contributed by atoms with Gasteiger partial charge in [0.1, 0.15) is 5.75 Å². The fraction of sp³-hybridized carbons (Fsp3) is 0.133. The summed E-state index contributed by atoms with van der Waals surface area (Å²) in [6.07, 6.45) is -1.41. The minimum Gasteiger partial charge on any atom is -0.508 e. The zero-order valence-corrected chi connectivity index (χ0v) is 12.6. The van der Waals surface area contributed by atoms with Gasteiger partial charge in [0.25, 0.3) is 5.91 Å². The number of amides is 1. The number of carbonyl (C=O) groups excluding carboxylic acids is 1. The van der Waals surface area contributed by atoms with Crippen molar-refractivity contribution in [3.63, 3.8) is 0 Å². The fourth-order valence-electron chi connectivity index (χ4n) is 1.78. The van der Waals surface area contributed by atoms with Gasteiger partial charge in [-0.05, 0) is 42.3 Å². The van der Waals surface area contributed by atoms with Gasteiger partial charge in [-0.25, -0.2) is 0 Å². The maximum atomic E-state index is 12.0. The van der Waals surface area contributed by atoms with Crippen molar-refractivity contribution in [3.8, 4) is 5.75 Å². The van der Waals surface area contributed by atoms with Crippen LogP contribution in [0.3, 0.4) is 0 Å². The monoisotopic (exact) mass is 325 g/mol. The number of rotatable bonds is 3. The Kier molecular flexibility index (Phi) is 4.73. The molecule has 0 spiro atoms. The van der Waals surface area contributed by atoms with Crippen LogP contribution in [0.2, 0.25) is 10.0 Å². The highest BCUT2D eigenvalue weighted by Crippen LogP contribution is 2.25. The topological polar surface area (TPSA) is 69.6 Å². The first-order valence-electron chi connectivity index (χ1n) is 6.11. The molecule has 0 fully saturated rings. The Bertz CT molecular complexity index is 668. The van der Waals surface area contributed by atoms with Gasteiger partial charge >= 0.3 is 0 Å². The van der Waals surface area contributed by atoms with Crippen molar-refractivity contribution in [1.29, 1.82) is 0 Å². The van der Waals surface area contributed by atoms with Crippen molar-refractivity contribution in [1.82, 2.24) is 0 Å². The lowest BCUT2D eigenvalue weighted by Crippen LogP contribution is -2.20. The van der Waals surface area contributed by atoms with E-state index < -0.39 is 12.0 Å². The van der Waals surface area contributed by atoms with Crippen molar-refractivity contribution in [2.75, 3.05) is 5.32 Å². The summed E-state index contributed by atoms with van der Waals surface area (Å²) in [4.78, 5) is 12.0. The molecule has 21 heavy (non-hydrogen) atoms. The van der Waals surface area contributed by atoms with Crippen LogP contribution in [0.1, 0.15) is 17.2 Å². The Morgan fingerprint density at radius 2 is 1.76 bits per heavy atom. The van der Waals surface area contributed by atoms with Gasteiger partial charge in [-0.15, -0.1) is 0 Å². The number of phenolic OH excluding ortho intramolecular Hbond substituents is 1. The van der Waals surface area contributed by atoms with Gasteiger partial charge in [0.05, 0.1) is 0 Å². The van der Waals surface area contributed by atoms with Crippen LogP contribution in [0.4, 0.5) is 5.69 Å². The number of halogens is 2. The van der Waals surface area contributed by atoms with E-state index in [-0.39, 0.29) is 5.75 Å². The van der Waals surface area contributed by atoms with Crippen LogP contribution in [-0.4, -0.2) is 16.1 Å². The Morgan fingerprint density at radius 1 is 1.14 bits per heavy atom. The molecule has 0 aliphatic rings. The number of phenols is 1. The van der Waals surface area contributed by atoms with E-state index in [0.29, 0.717) is 26.9 Å². The summed E-state index contributed by atoms with van der Waals surface area (Å²) in [5.41, 5.74) is 1.37. The van der Waals surface area contributed by atoms with Crippen LogP contribution in [-0.2, 0) is 4.79 Å². The molecule has 2 aromatic rings. The number of anilines is 1. The third-order valence-electron chi connectivity index (χ3n) is 2.93. The van der Waals surface area contributed by atoms with Crippen molar-refractivity contribution >= 4 is 34.8 Å². The number of nitrogens with one attached hydrogen (secondary N) is 1. The first-order valence-corrected chi connectivity index (χ1v) is 6.87. The van der Waals surface area contributed by atoms with Gasteiger partial charge in [-0.2, -0.15) is 0 Å². The third-order valence-corrected chi connectivity index (χ3v) is 3.36. The molecule has 0 bridgehead atoms. The highest BCUT2D eigenvalue weighted by molar-refractivity contribution is 6.34. The average molecular weight is 326 g/mol. The molecular formula is C15H13Cl2NO3. The number of hydrogen-bond donors (Lipinski definition) is 3. The number of aromatic hydroxyl groups is 1. The number of benzene rings is 2. The molecular weight excluding hydrogens is 313 g/mol. The summed E-state index contributed by atoms with van der Waals surface area (Å²) in [7, 11) is 0. The lowest BCUT2D eigenvalue weighted by molar-refractivity contribution is -0.124. The van der Waals surface area contributed by atoms with Gasteiger partial charge in [0.15, 0.2) is 6.10 Å². The molecule has 3 N–H and O–H groups in total. The van der Waals surface area contributed by atoms with Crippen LogP contribution in [0.15, 0.2) is 36.4 Å². The first kappa shape index (κ1) is 15.6. The second kappa shape index (κ2) is 6.35. The van der Waals surface area contributed by atoms with E-state index >= 15 is 0 Å². The highest BCUT2D eigenvalue weighted by Gasteiger charge is 2.18. The van der Waals surface area contributed by atoms with Gasteiger partial charge in [0, 0.05) is 21.8 Å². The summed E-state index contributed by atoms with van der Waals surface area (Å²) in [6.45, 7) is 1.74. The minimum absolute atomic E-state index is 0.0630. The molecule has 0 radical (unpaired) electrons. The maximum Gasteiger partial charge on any atom is 0.257 e. The predicted octanol–water partition coefficient (Wildman–Crippen LogP) is 3.68.